The predicted molar refractivity (Wildman–Crippen MR) is 334 cm³/mol. The van der Waals surface area contributed by atoms with E-state index in [1.54, 1.807) is 27.7 Å². The van der Waals surface area contributed by atoms with Crippen molar-refractivity contribution < 1.29 is 128 Å². The molecule has 4 aromatic rings. The summed E-state index contributed by atoms with van der Waals surface area (Å²) in [5.41, 5.74) is 2.78. The van der Waals surface area contributed by atoms with Crippen LogP contribution in [0.2, 0.25) is 0 Å². The largest absolute Gasteiger partial charge is 0.463 e. The number of carbonyl (C=O) groups excluding carboxylic acids is 6. The van der Waals surface area contributed by atoms with E-state index in [4.69, 9.17) is 99.7 Å². The van der Waals surface area contributed by atoms with Gasteiger partial charge in [0.2, 0.25) is 0 Å². The lowest BCUT2D eigenvalue weighted by atomic mass is 9.95. The topological polar surface area (TPSA) is 299 Å². The van der Waals surface area contributed by atoms with Gasteiger partial charge in [0.05, 0.1) is 39.6 Å². The lowest BCUT2D eigenvalue weighted by molar-refractivity contribution is -0.347. The van der Waals surface area contributed by atoms with Gasteiger partial charge < -0.3 is 94.7 Å². The molecule has 20 atom stereocenters. The van der Waals surface area contributed by atoms with Crippen molar-refractivity contribution >= 4 is 42.0 Å². The highest BCUT2D eigenvalue weighted by atomic mass is 19.1. The molecule has 0 aromatic heterocycles. The Morgan fingerprint density at radius 2 is 0.806 bits per heavy atom. The zero-order valence-corrected chi connectivity index (χ0v) is 56.0. The Bertz CT molecular complexity index is 3330. The summed E-state index contributed by atoms with van der Waals surface area (Å²) in [4.78, 5) is 82.2. The molecule has 0 aliphatic carbocycles. The fourth-order valence-corrected chi connectivity index (χ4v) is 12.4. The Morgan fingerprint density at radius 3 is 1.35 bits per heavy atom. The van der Waals surface area contributed by atoms with Crippen LogP contribution in [0.5, 0.6) is 0 Å². The molecule has 0 bridgehead atoms. The maximum Gasteiger partial charge on any atom is 0.303 e. The molecule has 0 unspecified atom stereocenters. The Morgan fingerprint density at radius 1 is 0.398 bits per heavy atom. The summed E-state index contributed by atoms with van der Waals surface area (Å²) in [5.74, 6) is -7.80. The first-order chi connectivity index (χ1) is 46.8. The lowest BCUT2D eigenvalue weighted by Crippen LogP contribution is -2.65. The van der Waals surface area contributed by atoms with E-state index in [9.17, 15) is 33.2 Å². The molecule has 6 aliphatic rings. The minimum absolute atomic E-state index is 0.0162. The summed E-state index contributed by atoms with van der Waals surface area (Å²) >= 11 is 0. The molecule has 98 heavy (non-hydrogen) atoms. The van der Waals surface area contributed by atoms with Crippen LogP contribution in [0.15, 0.2) is 120 Å². The second-order valence-electron chi connectivity index (χ2n) is 25.1. The van der Waals surface area contributed by atoms with E-state index in [0.29, 0.717) is 5.56 Å². The average molecular weight is 1370 g/mol. The van der Waals surface area contributed by atoms with E-state index in [0.717, 1.165) is 58.2 Å². The van der Waals surface area contributed by atoms with Crippen molar-refractivity contribution in [2.45, 2.75) is 223 Å². The summed E-state index contributed by atoms with van der Waals surface area (Å²) in [6.45, 7) is 11.8. The van der Waals surface area contributed by atoms with Gasteiger partial charge in [-0.2, -0.15) is 0 Å². The summed E-state index contributed by atoms with van der Waals surface area (Å²) in [6, 6.07) is 32.2. The molecule has 4 aromatic carbocycles. The number of aliphatic imine (C=N–C) groups is 1. The predicted octanol–water partition coefficient (Wildman–Crippen LogP) is 6.21. The molecule has 27 nitrogen and oxygen atoms in total. The second kappa shape index (κ2) is 33.3. The molecule has 28 heteroatoms. The SMILES string of the molecule is CC(=O)OC[C@H]1O[C@@H](OC[C@H]2O[C@H](OC[C@H]3O[C@@H](OC[C@H]4O[C@@H]5OC(C)(C)O[C@@H]5[C@H]5OC(C)(C)O[C@H]54)[C@H](OCc4ccccc4)[C@@H](OCc4ccccc4)[C@@H]3OCc3ccccc3)[C@H](N=Cc3ccc(F)cc3)[C@@H](OC(C)=O)[C@@H]2OC(C)=O)[C@H](OC(C)=O)[C@@H](OC(C)=O)[C@@H]1OC(C)=O. The van der Waals surface area contributed by atoms with Gasteiger partial charge in [-0.05, 0) is 62.1 Å². The van der Waals surface area contributed by atoms with Gasteiger partial charge in [0.1, 0.15) is 79.5 Å². The first-order valence-corrected chi connectivity index (χ1v) is 32.3. The third-order valence-electron chi connectivity index (χ3n) is 16.4. The molecule has 0 saturated carbocycles. The van der Waals surface area contributed by atoms with Crippen LogP contribution in [-0.4, -0.2) is 203 Å². The zero-order chi connectivity index (χ0) is 69.8. The molecule has 0 radical (unpaired) electrons. The van der Waals surface area contributed by atoms with Crippen LogP contribution in [0, 0.1) is 5.82 Å². The van der Waals surface area contributed by atoms with Crippen molar-refractivity contribution in [3.05, 3.63) is 143 Å². The van der Waals surface area contributed by atoms with Crippen molar-refractivity contribution in [3.8, 4) is 0 Å². The monoisotopic (exact) mass is 1370 g/mol. The Balaban J connectivity index is 1.04. The number of hydrogen-bond acceptors (Lipinski definition) is 27. The highest BCUT2D eigenvalue weighted by Gasteiger charge is 2.62. The highest BCUT2D eigenvalue weighted by Crippen LogP contribution is 2.45. The van der Waals surface area contributed by atoms with Crippen molar-refractivity contribution in [1.29, 1.82) is 0 Å². The number of halogens is 1. The van der Waals surface area contributed by atoms with Crippen molar-refractivity contribution in [2.24, 2.45) is 4.99 Å². The molecule has 6 fully saturated rings. The molecule has 0 spiro atoms. The molecule has 0 N–H and O–H groups in total. The quantitative estimate of drug-likeness (QED) is 0.0364. The molecule has 6 aliphatic heterocycles. The first kappa shape index (κ1) is 73.5. The third-order valence-corrected chi connectivity index (χ3v) is 16.4. The van der Waals surface area contributed by atoms with E-state index in [1.807, 2.05) is 91.0 Å². The van der Waals surface area contributed by atoms with Crippen molar-refractivity contribution in [2.75, 3.05) is 26.4 Å². The van der Waals surface area contributed by atoms with Crippen LogP contribution in [0.4, 0.5) is 4.39 Å². The Kier molecular flexibility index (Phi) is 24.9. The normalized spacial score (nSPS) is 32.4. The van der Waals surface area contributed by atoms with E-state index in [1.165, 1.54) is 30.5 Å². The highest BCUT2D eigenvalue weighted by molar-refractivity contribution is 5.79. The van der Waals surface area contributed by atoms with Gasteiger partial charge in [-0.3, -0.25) is 33.8 Å². The van der Waals surface area contributed by atoms with Crippen LogP contribution in [0.3, 0.4) is 0 Å². The Hall–Kier alpha value is -7.26. The minimum Gasteiger partial charge on any atom is -0.463 e. The van der Waals surface area contributed by atoms with Gasteiger partial charge in [0, 0.05) is 47.8 Å². The summed E-state index contributed by atoms with van der Waals surface area (Å²) in [5, 5.41) is 0. The fraction of sp³-hybridized carbons (Fsp3) is 0.557. The smallest absolute Gasteiger partial charge is 0.303 e. The number of ether oxygens (including phenoxy) is 20. The van der Waals surface area contributed by atoms with Crippen LogP contribution in [0.1, 0.15) is 91.5 Å². The standard InChI is InChI=1S/C70H84FNO26/c1-38(73)79-34-50-56(87-40(3)75)60(89-42(5)77)63(90-43(6)78)67(93-50)85-36-51-55(86-39(2)74)58(88-41(4)76)53(72-30-44-26-28-48(71)29-27-44)65(91-51)83-35-49-54(80-31-45-20-14-11-15-21-45)59(81-32-46-22-16-12-17-23-46)62(82-33-47-24-18-13-19-25-47)66(92-49)84-37-52-57-61(96-69(7,8)95-57)64-68(94-52)98-70(9,10)97-64/h11-30,49-68H,31-37H2,1-10H3/t49-,50-,51-,52-,53-,54-,55-,56-,57+,58-,59+,60+,61+,62-,63-,64-,65+,66-,67-,68-/m1/s1. The molecule has 0 amide bonds. The van der Waals surface area contributed by atoms with Crippen LogP contribution < -0.4 is 0 Å². The van der Waals surface area contributed by atoms with Gasteiger partial charge >= 0.3 is 35.8 Å². The summed E-state index contributed by atoms with van der Waals surface area (Å²) in [7, 11) is 0. The maximum atomic E-state index is 14.4. The average Bonchev–Trinajstić information content (AvgIpc) is 1.55. The van der Waals surface area contributed by atoms with Crippen molar-refractivity contribution in [3.63, 3.8) is 0 Å². The van der Waals surface area contributed by atoms with Gasteiger partial charge in [0.25, 0.3) is 0 Å². The van der Waals surface area contributed by atoms with E-state index in [2.05, 4.69) is 0 Å². The van der Waals surface area contributed by atoms with Gasteiger partial charge in [0.15, 0.2) is 67.3 Å². The molecular formula is C70H84FNO26. The van der Waals surface area contributed by atoms with E-state index in [-0.39, 0.29) is 26.4 Å². The molecular weight excluding hydrogens is 1290 g/mol. The summed E-state index contributed by atoms with van der Waals surface area (Å²) < 4.78 is 142. The molecule has 532 valence electrons. The number of nitrogens with zero attached hydrogens (tertiary/aromatic N) is 1. The molecule has 6 saturated heterocycles. The van der Waals surface area contributed by atoms with Crippen LogP contribution >= 0.6 is 0 Å². The second-order valence-corrected chi connectivity index (χ2v) is 25.1. The van der Waals surface area contributed by atoms with Crippen molar-refractivity contribution in [1.82, 2.24) is 0 Å². The number of esters is 6. The summed E-state index contributed by atoms with van der Waals surface area (Å²) in [6.07, 6.45) is -22.6. The number of benzene rings is 4. The van der Waals surface area contributed by atoms with Gasteiger partial charge in [-0.15, -0.1) is 0 Å². The minimum atomic E-state index is -1.77. The number of hydrogen-bond donors (Lipinski definition) is 0. The number of carbonyl (C=O) groups is 6. The van der Waals surface area contributed by atoms with Crippen LogP contribution in [-0.2, 0) is 143 Å². The third kappa shape index (κ3) is 19.6. The maximum absolute atomic E-state index is 14.4. The van der Waals surface area contributed by atoms with E-state index >= 15 is 0 Å². The van der Waals surface area contributed by atoms with Gasteiger partial charge in [-0.25, -0.2) is 4.39 Å². The van der Waals surface area contributed by atoms with Crippen LogP contribution in [0.25, 0.3) is 0 Å². The first-order valence-electron chi connectivity index (χ1n) is 32.3. The zero-order valence-electron chi connectivity index (χ0n) is 56.0. The lowest BCUT2D eigenvalue weighted by Gasteiger charge is -2.48. The number of fused-ring (bicyclic) bond motifs is 3. The van der Waals surface area contributed by atoms with Gasteiger partial charge in [-0.1, -0.05) is 103 Å². The Labute approximate surface area is 566 Å². The molecule has 6 heterocycles. The molecule has 10 rings (SSSR count). The number of rotatable bonds is 27. The fourth-order valence-electron chi connectivity index (χ4n) is 12.4. The van der Waals surface area contributed by atoms with E-state index < -0.39 is 196 Å².